The second kappa shape index (κ2) is 4.91. The third-order valence-corrected chi connectivity index (χ3v) is 2.74. The summed E-state index contributed by atoms with van der Waals surface area (Å²) in [5.74, 6) is -0.0216. The maximum Gasteiger partial charge on any atom is 0.289 e. The molecule has 0 saturated carbocycles. The Morgan fingerprint density at radius 2 is 2.06 bits per heavy atom. The van der Waals surface area contributed by atoms with Crippen molar-refractivity contribution in [3.05, 3.63) is 47.7 Å². The minimum Gasteiger partial charge on any atom is -0.438 e. The zero-order valence-corrected chi connectivity index (χ0v) is 10.3. The van der Waals surface area contributed by atoms with Gasteiger partial charge in [0.25, 0.3) is 5.91 Å². The zero-order valence-electron chi connectivity index (χ0n) is 10.3. The van der Waals surface area contributed by atoms with Gasteiger partial charge in [-0.05, 0) is 31.5 Å². The summed E-state index contributed by atoms with van der Waals surface area (Å²) in [6, 6.07) is 7.25. The summed E-state index contributed by atoms with van der Waals surface area (Å²) in [6.07, 6.45) is 1.26. The van der Waals surface area contributed by atoms with Crippen molar-refractivity contribution >= 4 is 11.6 Å². The van der Waals surface area contributed by atoms with Gasteiger partial charge in [-0.15, -0.1) is 0 Å². The first-order valence-corrected chi connectivity index (χ1v) is 5.64. The lowest BCUT2D eigenvalue weighted by Gasteiger charge is -2.13. The van der Waals surface area contributed by atoms with Crippen LogP contribution in [0.25, 0.3) is 0 Å². The Morgan fingerprint density at radius 1 is 1.39 bits per heavy atom. The van der Waals surface area contributed by atoms with Gasteiger partial charge in [0.1, 0.15) is 0 Å². The fraction of sp³-hybridized carbons (Fsp3) is 0.231. The number of nitrogens with one attached hydrogen (secondary N) is 1. The summed E-state index contributed by atoms with van der Waals surface area (Å²) >= 11 is 0. The number of hydrogen-bond acceptors (Lipinski definition) is 4. The predicted octanol–water partition coefficient (Wildman–Crippen LogP) is 2.06. The van der Waals surface area contributed by atoms with Gasteiger partial charge in [0, 0.05) is 5.69 Å². The molecule has 2 rings (SSSR count). The van der Waals surface area contributed by atoms with Crippen molar-refractivity contribution in [2.24, 2.45) is 0 Å². The van der Waals surface area contributed by atoms with Crippen molar-refractivity contribution in [1.29, 1.82) is 0 Å². The quantitative estimate of drug-likeness (QED) is 0.811. The minimum atomic E-state index is -0.269. The lowest BCUT2D eigenvalue weighted by atomic mass is 10.1. The summed E-state index contributed by atoms with van der Waals surface area (Å²) in [7, 11) is 0. The van der Waals surface area contributed by atoms with Crippen LogP contribution in [0.15, 0.2) is 35.1 Å². The number of anilines is 1. The smallest absolute Gasteiger partial charge is 0.289 e. The molecule has 18 heavy (non-hydrogen) atoms. The van der Waals surface area contributed by atoms with Crippen LogP contribution >= 0.6 is 0 Å². The highest BCUT2D eigenvalue weighted by molar-refractivity contribution is 5.92. The molecule has 0 aliphatic carbocycles. The maximum atomic E-state index is 11.9. The number of carbonyl (C=O) groups is 1. The van der Waals surface area contributed by atoms with E-state index in [1.165, 1.54) is 6.39 Å². The summed E-state index contributed by atoms with van der Waals surface area (Å²) in [5, 5.41) is 2.85. The molecule has 0 bridgehead atoms. The molecule has 1 aromatic carbocycles. The fourth-order valence-electron chi connectivity index (χ4n) is 1.65. The highest BCUT2D eigenvalue weighted by Crippen LogP contribution is 2.15. The SMILES string of the molecule is Cc1ncoc1C(=O)NC(C)c1ccc(N)cc1. The van der Waals surface area contributed by atoms with E-state index in [1.54, 1.807) is 19.1 Å². The summed E-state index contributed by atoms with van der Waals surface area (Å²) in [6.45, 7) is 3.63. The molecule has 1 unspecified atom stereocenters. The molecule has 0 spiro atoms. The Bertz CT molecular complexity index is 546. The third-order valence-electron chi connectivity index (χ3n) is 2.74. The molecule has 5 nitrogen and oxygen atoms in total. The van der Waals surface area contributed by atoms with Crippen LogP contribution in [-0.4, -0.2) is 10.9 Å². The number of hydrogen-bond donors (Lipinski definition) is 2. The standard InChI is InChI=1S/C13H15N3O2/c1-8(10-3-5-11(14)6-4-10)16-13(17)12-9(2)15-7-18-12/h3-8H,14H2,1-2H3,(H,16,17). The van der Waals surface area contributed by atoms with Gasteiger partial charge >= 0.3 is 0 Å². The number of carbonyl (C=O) groups excluding carboxylic acids is 1. The monoisotopic (exact) mass is 245 g/mol. The fourth-order valence-corrected chi connectivity index (χ4v) is 1.65. The molecule has 0 aliphatic heterocycles. The lowest BCUT2D eigenvalue weighted by molar-refractivity contribution is 0.0911. The molecule has 0 fully saturated rings. The Balaban J connectivity index is 2.08. The van der Waals surface area contributed by atoms with Crippen LogP contribution in [0.5, 0.6) is 0 Å². The van der Waals surface area contributed by atoms with E-state index >= 15 is 0 Å². The number of benzene rings is 1. The average molecular weight is 245 g/mol. The number of oxazole rings is 1. The number of rotatable bonds is 3. The van der Waals surface area contributed by atoms with Crippen molar-refractivity contribution in [1.82, 2.24) is 10.3 Å². The highest BCUT2D eigenvalue weighted by Gasteiger charge is 2.16. The first-order valence-electron chi connectivity index (χ1n) is 5.64. The van der Waals surface area contributed by atoms with Crippen molar-refractivity contribution < 1.29 is 9.21 Å². The van der Waals surface area contributed by atoms with Crippen LogP contribution in [0.1, 0.15) is 34.8 Å². The van der Waals surface area contributed by atoms with Crippen molar-refractivity contribution in [3.8, 4) is 0 Å². The van der Waals surface area contributed by atoms with Gasteiger partial charge in [-0.3, -0.25) is 4.79 Å². The van der Waals surface area contributed by atoms with Gasteiger partial charge < -0.3 is 15.5 Å². The van der Waals surface area contributed by atoms with Crippen LogP contribution in [0.3, 0.4) is 0 Å². The molecule has 1 aromatic heterocycles. The summed E-state index contributed by atoms with van der Waals surface area (Å²) in [4.78, 5) is 15.8. The van der Waals surface area contributed by atoms with E-state index in [1.807, 2.05) is 19.1 Å². The molecular weight excluding hydrogens is 230 g/mol. The second-order valence-corrected chi connectivity index (χ2v) is 4.13. The van der Waals surface area contributed by atoms with Crippen LogP contribution in [-0.2, 0) is 0 Å². The lowest BCUT2D eigenvalue weighted by Crippen LogP contribution is -2.26. The molecule has 94 valence electrons. The van der Waals surface area contributed by atoms with E-state index in [4.69, 9.17) is 10.2 Å². The van der Waals surface area contributed by atoms with E-state index in [0.717, 1.165) is 5.56 Å². The maximum absolute atomic E-state index is 11.9. The van der Waals surface area contributed by atoms with Gasteiger partial charge in [-0.1, -0.05) is 12.1 Å². The van der Waals surface area contributed by atoms with Crippen molar-refractivity contribution in [2.45, 2.75) is 19.9 Å². The number of amides is 1. The molecule has 0 radical (unpaired) electrons. The summed E-state index contributed by atoms with van der Waals surface area (Å²) < 4.78 is 5.04. The molecule has 0 saturated heterocycles. The van der Waals surface area contributed by atoms with Crippen LogP contribution in [0.2, 0.25) is 0 Å². The van der Waals surface area contributed by atoms with Gasteiger partial charge in [0.15, 0.2) is 6.39 Å². The molecule has 2 aromatic rings. The number of nitrogens with two attached hydrogens (primary N) is 1. The van der Waals surface area contributed by atoms with E-state index in [2.05, 4.69) is 10.3 Å². The number of aryl methyl sites for hydroxylation is 1. The molecule has 1 heterocycles. The molecule has 1 amide bonds. The zero-order chi connectivity index (χ0) is 13.1. The largest absolute Gasteiger partial charge is 0.438 e. The predicted molar refractivity (Wildman–Crippen MR) is 68.0 cm³/mol. The third kappa shape index (κ3) is 2.51. The molecule has 1 atom stereocenters. The molecular formula is C13H15N3O2. The normalized spacial score (nSPS) is 12.1. The van der Waals surface area contributed by atoms with Gasteiger partial charge in [-0.25, -0.2) is 4.98 Å². The van der Waals surface area contributed by atoms with Crippen LogP contribution < -0.4 is 11.1 Å². The summed E-state index contributed by atoms with van der Waals surface area (Å²) in [5.41, 5.74) is 7.87. The van der Waals surface area contributed by atoms with Gasteiger partial charge in [0.05, 0.1) is 11.7 Å². The topological polar surface area (TPSA) is 81.2 Å². The number of nitrogen functional groups attached to an aromatic ring is 1. The van der Waals surface area contributed by atoms with Crippen LogP contribution in [0, 0.1) is 6.92 Å². The van der Waals surface area contributed by atoms with Gasteiger partial charge in [-0.2, -0.15) is 0 Å². The molecule has 3 N–H and O–H groups in total. The Kier molecular flexibility index (Phi) is 3.32. The Labute approximate surface area is 105 Å². The van der Waals surface area contributed by atoms with E-state index in [9.17, 15) is 4.79 Å². The van der Waals surface area contributed by atoms with Crippen LogP contribution in [0.4, 0.5) is 5.69 Å². The van der Waals surface area contributed by atoms with Gasteiger partial charge in [0.2, 0.25) is 5.76 Å². The molecule has 0 aliphatic rings. The second-order valence-electron chi connectivity index (χ2n) is 4.13. The van der Waals surface area contributed by atoms with E-state index < -0.39 is 0 Å². The Morgan fingerprint density at radius 3 is 2.61 bits per heavy atom. The van der Waals surface area contributed by atoms with Crippen molar-refractivity contribution in [3.63, 3.8) is 0 Å². The first-order chi connectivity index (χ1) is 8.58. The molecule has 5 heteroatoms. The van der Waals surface area contributed by atoms with E-state index in [-0.39, 0.29) is 17.7 Å². The first kappa shape index (κ1) is 12.2. The Hall–Kier alpha value is -2.30. The van der Waals surface area contributed by atoms with Crippen molar-refractivity contribution in [2.75, 3.05) is 5.73 Å². The minimum absolute atomic E-state index is 0.123. The average Bonchev–Trinajstić information content (AvgIpc) is 2.76. The highest BCUT2D eigenvalue weighted by atomic mass is 16.3. The number of nitrogens with zero attached hydrogens (tertiary/aromatic N) is 1. The number of aromatic nitrogens is 1. The van der Waals surface area contributed by atoms with E-state index in [0.29, 0.717) is 11.4 Å².